The Hall–Kier alpha value is -1.40. The van der Waals surface area contributed by atoms with Gasteiger partial charge in [0, 0.05) is 29.4 Å². The van der Waals surface area contributed by atoms with E-state index in [9.17, 15) is 0 Å². The lowest BCUT2D eigenvalue weighted by molar-refractivity contribution is 0.283. The zero-order chi connectivity index (χ0) is 12.4. The van der Waals surface area contributed by atoms with Crippen LogP contribution in [0.1, 0.15) is 22.6 Å². The summed E-state index contributed by atoms with van der Waals surface area (Å²) in [6.07, 6.45) is 4.29. The van der Waals surface area contributed by atoms with Crippen LogP contribution in [-0.2, 0) is 20.2 Å². The topological polar surface area (TPSA) is 52.0 Å². The molecule has 0 unspecified atom stereocenters. The molecule has 2 aromatic rings. The second-order valence-electron chi connectivity index (χ2n) is 4.51. The van der Waals surface area contributed by atoms with Gasteiger partial charge in [0.05, 0.1) is 0 Å². The lowest BCUT2D eigenvalue weighted by atomic mass is 10.4. The standard InChI is InChI=1S/C12H16N4OS/c1-16-8-14-12(15-16)17-7-11-5-4-10(18-11)6-13-9-2-3-9/h4-5,8-9,13H,2-3,6-7H2,1H3. The fourth-order valence-electron chi connectivity index (χ4n) is 1.65. The average Bonchev–Trinajstić information content (AvgIpc) is 2.93. The fourth-order valence-corrected chi connectivity index (χ4v) is 2.53. The Labute approximate surface area is 110 Å². The van der Waals surface area contributed by atoms with Crippen molar-refractivity contribution in [2.24, 2.45) is 7.05 Å². The van der Waals surface area contributed by atoms with Crippen LogP contribution in [-0.4, -0.2) is 20.8 Å². The summed E-state index contributed by atoms with van der Waals surface area (Å²) in [6, 6.07) is 5.45. The largest absolute Gasteiger partial charge is 0.457 e. The number of thiophene rings is 1. The average molecular weight is 264 g/mol. The summed E-state index contributed by atoms with van der Waals surface area (Å²) in [4.78, 5) is 6.59. The Morgan fingerprint density at radius 3 is 3.00 bits per heavy atom. The molecule has 6 heteroatoms. The van der Waals surface area contributed by atoms with Crippen molar-refractivity contribution in [1.82, 2.24) is 20.1 Å². The van der Waals surface area contributed by atoms with E-state index >= 15 is 0 Å². The molecule has 0 aliphatic heterocycles. The first-order chi connectivity index (χ1) is 8.79. The molecule has 1 aliphatic rings. The van der Waals surface area contributed by atoms with Gasteiger partial charge in [-0.15, -0.1) is 16.4 Å². The van der Waals surface area contributed by atoms with Gasteiger partial charge in [0.15, 0.2) is 0 Å². The van der Waals surface area contributed by atoms with Crippen molar-refractivity contribution in [2.45, 2.75) is 32.0 Å². The van der Waals surface area contributed by atoms with Crippen molar-refractivity contribution in [3.05, 3.63) is 28.2 Å². The number of ether oxygens (including phenoxy) is 1. The van der Waals surface area contributed by atoms with Gasteiger partial charge in [-0.25, -0.2) is 0 Å². The first-order valence-electron chi connectivity index (χ1n) is 6.09. The molecule has 0 aromatic carbocycles. The second kappa shape index (κ2) is 5.07. The van der Waals surface area contributed by atoms with Crippen molar-refractivity contribution >= 4 is 11.3 Å². The van der Waals surface area contributed by atoms with E-state index in [1.165, 1.54) is 22.6 Å². The van der Waals surface area contributed by atoms with E-state index < -0.39 is 0 Å². The van der Waals surface area contributed by atoms with Gasteiger partial charge in [0.2, 0.25) is 0 Å². The van der Waals surface area contributed by atoms with Crippen LogP contribution in [0.4, 0.5) is 0 Å². The maximum Gasteiger partial charge on any atom is 0.335 e. The summed E-state index contributed by atoms with van der Waals surface area (Å²) in [6.45, 7) is 1.51. The van der Waals surface area contributed by atoms with E-state index in [0.717, 1.165) is 12.6 Å². The van der Waals surface area contributed by atoms with E-state index in [1.54, 1.807) is 22.3 Å². The predicted molar refractivity (Wildman–Crippen MR) is 69.5 cm³/mol. The number of aromatic nitrogens is 3. The van der Waals surface area contributed by atoms with Gasteiger partial charge in [0.25, 0.3) is 0 Å². The molecule has 1 fully saturated rings. The molecule has 18 heavy (non-hydrogen) atoms. The molecule has 0 spiro atoms. The quantitative estimate of drug-likeness (QED) is 0.863. The minimum absolute atomic E-state index is 0.434. The molecular formula is C12H16N4OS. The zero-order valence-electron chi connectivity index (χ0n) is 10.3. The summed E-state index contributed by atoms with van der Waals surface area (Å²) < 4.78 is 7.14. The van der Waals surface area contributed by atoms with E-state index in [0.29, 0.717) is 12.6 Å². The number of nitrogens with zero attached hydrogens (tertiary/aromatic N) is 3. The number of aryl methyl sites for hydroxylation is 1. The van der Waals surface area contributed by atoms with Crippen molar-refractivity contribution < 1.29 is 4.74 Å². The molecule has 0 saturated heterocycles. The minimum Gasteiger partial charge on any atom is -0.457 e. The Morgan fingerprint density at radius 2 is 2.28 bits per heavy atom. The van der Waals surface area contributed by atoms with Crippen LogP contribution in [0.25, 0.3) is 0 Å². The summed E-state index contributed by atoms with van der Waals surface area (Å²) in [5.41, 5.74) is 0. The molecule has 0 radical (unpaired) electrons. The third-order valence-electron chi connectivity index (χ3n) is 2.78. The van der Waals surface area contributed by atoms with Crippen LogP contribution in [0.5, 0.6) is 6.01 Å². The molecule has 0 bridgehead atoms. The lowest BCUT2D eigenvalue weighted by Crippen LogP contribution is -2.14. The number of hydrogen-bond acceptors (Lipinski definition) is 5. The number of rotatable bonds is 6. The van der Waals surface area contributed by atoms with Crippen molar-refractivity contribution in [1.29, 1.82) is 0 Å². The Morgan fingerprint density at radius 1 is 1.44 bits per heavy atom. The Balaban J connectivity index is 1.49. The minimum atomic E-state index is 0.434. The molecule has 0 amide bonds. The summed E-state index contributed by atoms with van der Waals surface area (Å²) in [5, 5.41) is 7.58. The molecule has 5 nitrogen and oxygen atoms in total. The highest BCUT2D eigenvalue weighted by Gasteiger charge is 2.20. The maximum atomic E-state index is 5.51. The molecule has 2 aromatic heterocycles. The van der Waals surface area contributed by atoms with Gasteiger partial charge >= 0.3 is 6.01 Å². The van der Waals surface area contributed by atoms with Gasteiger partial charge < -0.3 is 10.1 Å². The van der Waals surface area contributed by atoms with Gasteiger partial charge in [-0.1, -0.05) is 0 Å². The molecule has 1 aliphatic carbocycles. The van der Waals surface area contributed by atoms with Gasteiger partial charge in [-0.2, -0.15) is 4.98 Å². The summed E-state index contributed by atoms with van der Waals surface area (Å²) in [7, 11) is 1.83. The number of nitrogens with one attached hydrogen (secondary N) is 1. The van der Waals surface area contributed by atoms with Crippen molar-refractivity contribution in [3.63, 3.8) is 0 Å². The van der Waals surface area contributed by atoms with E-state index in [1.807, 2.05) is 7.05 Å². The molecule has 96 valence electrons. The molecule has 0 atom stereocenters. The molecule has 1 N–H and O–H groups in total. The van der Waals surface area contributed by atoms with Crippen LogP contribution >= 0.6 is 11.3 Å². The molecule has 1 saturated carbocycles. The number of hydrogen-bond donors (Lipinski definition) is 1. The van der Waals surface area contributed by atoms with E-state index in [-0.39, 0.29) is 0 Å². The normalized spacial score (nSPS) is 14.9. The SMILES string of the molecule is Cn1cnc(OCc2ccc(CNC3CC3)s2)n1. The smallest absolute Gasteiger partial charge is 0.335 e. The monoisotopic (exact) mass is 264 g/mol. The van der Waals surface area contributed by atoms with Crippen LogP contribution in [0.15, 0.2) is 18.5 Å². The maximum absolute atomic E-state index is 5.51. The first kappa shape index (κ1) is 11.7. The first-order valence-corrected chi connectivity index (χ1v) is 6.90. The van der Waals surface area contributed by atoms with Crippen LogP contribution in [0, 0.1) is 0 Å². The van der Waals surface area contributed by atoms with E-state index in [4.69, 9.17) is 4.74 Å². The summed E-state index contributed by atoms with van der Waals surface area (Å²) >= 11 is 1.78. The van der Waals surface area contributed by atoms with Crippen molar-refractivity contribution in [3.8, 4) is 6.01 Å². The van der Waals surface area contributed by atoms with Crippen LogP contribution < -0.4 is 10.1 Å². The highest BCUT2D eigenvalue weighted by atomic mass is 32.1. The van der Waals surface area contributed by atoms with Crippen LogP contribution in [0.3, 0.4) is 0 Å². The van der Waals surface area contributed by atoms with Gasteiger partial charge in [-0.05, 0) is 25.0 Å². The lowest BCUT2D eigenvalue weighted by Gasteiger charge is -1.99. The predicted octanol–water partition coefficient (Wildman–Crippen LogP) is 1.71. The molecule has 2 heterocycles. The Bertz CT molecular complexity index is 518. The van der Waals surface area contributed by atoms with Gasteiger partial charge in [-0.3, -0.25) is 4.68 Å². The molecule has 3 rings (SSSR count). The van der Waals surface area contributed by atoms with Crippen molar-refractivity contribution in [2.75, 3.05) is 0 Å². The Kier molecular flexibility index (Phi) is 3.29. The van der Waals surface area contributed by atoms with Gasteiger partial charge in [0.1, 0.15) is 12.9 Å². The summed E-state index contributed by atoms with van der Waals surface area (Å²) in [5.74, 6) is 0. The van der Waals surface area contributed by atoms with Crippen LogP contribution in [0.2, 0.25) is 0 Å². The fraction of sp³-hybridized carbons (Fsp3) is 0.500. The second-order valence-corrected chi connectivity index (χ2v) is 5.77. The molecular weight excluding hydrogens is 248 g/mol. The highest BCUT2D eigenvalue weighted by Crippen LogP contribution is 2.22. The highest BCUT2D eigenvalue weighted by molar-refractivity contribution is 7.11. The third-order valence-corrected chi connectivity index (χ3v) is 3.84. The third kappa shape index (κ3) is 3.08. The van der Waals surface area contributed by atoms with E-state index in [2.05, 4.69) is 27.5 Å². The zero-order valence-corrected chi connectivity index (χ0v) is 11.1.